The number of benzene rings is 1. The van der Waals surface area contributed by atoms with Crippen LogP contribution in [0.3, 0.4) is 0 Å². The van der Waals surface area contributed by atoms with Gasteiger partial charge in [0.15, 0.2) is 0 Å². The summed E-state index contributed by atoms with van der Waals surface area (Å²) in [6.07, 6.45) is 7.71. The van der Waals surface area contributed by atoms with Gasteiger partial charge in [0, 0.05) is 31.2 Å². The molecule has 5 heteroatoms. The number of nitrogens with zero attached hydrogens (tertiary/aromatic N) is 3. The van der Waals surface area contributed by atoms with E-state index in [9.17, 15) is 4.79 Å². The number of methoxy groups -OCH3 is 1. The molecule has 3 rings (SSSR count). The average Bonchev–Trinajstić information content (AvgIpc) is 3.18. The van der Waals surface area contributed by atoms with E-state index < -0.39 is 0 Å². The van der Waals surface area contributed by atoms with Crippen LogP contribution in [-0.2, 0) is 4.74 Å². The molecule has 0 amide bonds. The first-order chi connectivity index (χ1) is 9.79. The average molecular weight is 271 g/mol. The molecule has 0 N–H and O–H groups in total. The van der Waals surface area contributed by atoms with Crippen LogP contribution < -0.4 is 4.90 Å². The van der Waals surface area contributed by atoms with Gasteiger partial charge < -0.3 is 14.2 Å². The van der Waals surface area contributed by atoms with E-state index in [-0.39, 0.29) is 5.97 Å². The fourth-order valence-corrected chi connectivity index (χ4v) is 2.59. The molecule has 5 nitrogen and oxygen atoms in total. The van der Waals surface area contributed by atoms with E-state index in [1.165, 1.54) is 7.11 Å². The molecule has 1 aromatic heterocycles. The summed E-state index contributed by atoms with van der Waals surface area (Å²) in [7, 11) is 1.42. The van der Waals surface area contributed by atoms with Crippen molar-refractivity contribution in [1.29, 1.82) is 0 Å². The van der Waals surface area contributed by atoms with Crippen molar-refractivity contribution in [2.75, 3.05) is 25.1 Å². The lowest BCUT2D eigenvalue weighted by molar-refractivity contribution is 0.0601. The first kappa shape index (κ1) is 12.7. The molecule has 0 radical (unpaired) electrons. The molecule has 104 valence electrons. The minimum atomic E-state index is -0.288. The monoisotopic (exact) mass is 271 g/mol. The fraction of sp³-hybridized carbons (Fsp3) is 0.333. The van der Waals surface area contributed by atoms with Gasteiger partial charge in [0.05, 0.1) is 24.7 Å². The number of carbonyl (C=O) groups is 1. The minimum Gasteiger partial charge on any atom is -0.465 e. The summed E-state index contributed by atoms with van der Waals surface area (Å²) in [4.78, 5) is 18.2. The van der Waals surface area contributed by atoms with E-state index in [1.54, 1.807) is 12.5 Å². The Hall–Kier alpha value is -2.30. The largest absolute Gasteiger partial charge is 0.465 e. The molecule has 0 atom stereocenters. The number of carbonyl (C=O) groups excluding carboxylic acids is 1. The highest BCUT2D eigenvalue weighted by molar-refractivity contribution is 5.96. The van der Waals surface area contributed by atoms with Crippen molar-refractivity contribution in [2.24, 2.45) is 0 Å². The third-order valence-electron chi connectivity index (χ3n) is 3.64. The van der Waals surface area contributed by atoms with E-state index in [0.29, 0.717) is 5.56 Å². The first-order valence-electron chi connectivity index (χ1n) is 6.75. The predicted octanol–water partition coefficient (Wildman–Crippen LogP) is 2.26. The molecular formula is C15H17N3O2. The third kappa shape index (κ3) is 2.27. The van der Waals surface area contributed by atoms with Gasteiger partial charge in [-0.15, -0.1) is 0 Å². The SMILES string of the molecule is COC(=O)c1ccc(-n2ccnc2)cc1N1CCCC1. The lowest BCUT2D eigenvalue weighted by Crippen LogP contribution is -2.21. The number of rotatable bonds is 3. The molecule has 0 unspecified atom stereocenters. The Kier molecular flexibility index (Phi) is 3.41. The van der Waals surface area contributed by atoms with Crippen molar-refractivity contribution in [3.05, 3.63) is 42.5 Å². The number of hydrogen-bond donors (Lipinski definition) is 0. The zero-order chi connectivity index (χ0) is 13.9. The molecule has 0 spiro atoms. The highest BCUT2D eigenvalue weighted by Crippen LogP contribution is 2.28. The highest BCUT2D eigenvalue weighted by Gasteiger charge is 2.20. The zero-order valence-electron chi connectivity index (χ0n) is 11.5. The van der Waals surface area contributed by atoms with Crippen LogP contribution in [-0.4, -0.2) is 35.7 Å². The van der Waals surface area contributed by atoms with E-state index in [0.717, 1.165) is 37.3 Å². The molecular weight excluding hydrogens is 254 g/mol. The smallest absolute Gasteiger partial charge is 0.339 e. The van der Waals surface area contributed by atoms with Crippen molar-refractivity contribution in [1.82, 2.24) is 9.55 Å². The first-order valence-corrected chi connectivity index (χ1v) is 6.75. The van der Waals surface area contributed by atoms with Gasteiger partial charge >= 0.3 is 5.97 Å². The number of esters is 1. The summed E-state index contributed by atoms with van der Waals surface area (Å²) >= 11 is 0. The minimum absolute atomic E-state index is 0.288. The number of anilines is 1. The van der Waals surface area contributed by atoms with Gasteiger partial charge in [-0.05, 0) is 31.0 Å². The van der Waals surface area contributed by atoms with Crippen molar-refractivity contribution in [3.8, 4) is 5.69 Å². The maximum Gasteiger partial charge on any atom is 0.339 e. The molecule has 0 aliphatic carbocycles. The van der Waals surface area contributed by atoms with Crippen LogP contribution in [0.4, 0.5) is 5.69 Å². The predicted molar refractivity (Wildman–Crippen MR) is 76.4 cm³/mol. The molecule has 2 aromatic rings. The topological polar surface area (TPSA) is 47.4 Å². The Bertz CT molecular complexity index is 602. The van der Waals surface area contributed by atoms with Crippen LogP contribution in [0.25, 0.3) is 5.69 Å². The number of hydrogen-bond acceptors (Lipinski definition) is 4. The van der Waals surface area contributed by atoms with Crippen LogP contribution in [0.5, 0.6) is 0 Å². The van der Waals surface area contributed by atoms with Crippen molar-refractivity contribution in [2.45, 2.75) is 12.8 Å². The normalized spacial score (nSPS) is 14.6. The van der Waals surface area contributed by atoms with E-state index >= 15 is 0 Å². The summed E-state index contributed by atoms with van der Waals surface area (Å²) in [6, 6.07) is 5.77. The Morgan fingerprint density at radius 1 is 1.30 bits per heavy atom. The fourth-order valence-electron chi connectivity index (χ4n) is 2.59. The Labute approximate surface area is 117 Å². The zero-order valence-corrected chi connectivity index (χ0v) is 11.5. The van der Waals surface area contributed by atoms with E-state index in [2.05, 4.69) is 9.88 Å². The third-order valence-corrected chi connectivity index (χ3v) is 3.64. The van der Waals surface area contributed by atoms with Gasteiger partial charge in [-0.1, -0.05) is 0 Å². The van der Waals surface area contributed by atoms with E-state index in [4.69, 9.17) is 4.74 Å². The maximum atomic E-state index is 11.9. The summed E-state index contributed by atoms with van der Waals surface area (Å²) in [5.41, 5.74) is 2.57. The number of imidazole rings is 1. The Morgan fingerprint density at radius 2 is 2.10 bits per heavy atom. The molecule has 1 aliphatic rings. The van der Waals surface area contributed by atoms with Crippen LogP contribution in [0, 0.1) is 0 Å². The van der Waals surface area contributed by atoms with Gasteiger partial charge in [-0.25, -0.2) is 9.78 Å². The van der Waals surface area contributed by atoms with Crippen molar-refractivity contribution < 1.29 is 9.53 Å². The van der Waals surface area contributed by atoms with E-state index in [1.807, 2.05) is 29.0 Å². The van der Waals surface area contributed by atoms with Gasteiger partial charge in [-0.2, -0.15) is 0 Å². The summed E-state index contributed by atoms with van der Waals surface area (Å²) in [6.45, 7) is 1.97. The molecule has 2 heterocycles. The lowest BCUT2D eigenvalue weighted by Gasteiger charge is -2.21. The van der Waals surface area contributed by atoms with Crippen molar-refractivity contribution in [3.63, 3.8) is 0 Å². The molecule has 20 heavy (non-hydrogen) atoms. The Balaban J connectivity index is 2.05. The second kappa shape index (κ2) is 5.36. The highest BCUT2D eigenvalue weighted by atomic mass is 16.5. The van der Waals surface area contributed by atoms with Crippen LogP contribution in [0.2, 0.25) is 0 Å². The Morgan fingerprint density at radius 3 is 2.75 bits per heavy atom. The quantitative estimate of drug-likeness (QED) is 0.803. The summed E-state index contributed by atoms with van der Waals surface area (Å²) in [5.74, 6) is -0.288. The standard InChI is InChI=1S/C15H17N3O2/c1-20-15(19)13-5-4-12(18-9-6-16-11-18)10-14(13)17-7-2-3-8-17/h4-6,9-11H,2-3,7-8H2,1H3. The lowest BCUT2D eigenvalue weighted by atomic mass is 10.1. The summed E-state index contributed by atoms with van der Waals surface area (Å²) in [5, 5.41) is 0. The van der Waals surface area contributed by atoms with Gasteiger partial charge in [0.2, 0.25) is 0 Å². The summed E-state index contributed by atoms with van der Waals surface area (Å²) < 4.78 is 6.81. The number of aromatic nitrogens is 2. The van der Waals surface area contributed by atoms with Gasteiger partial charge in [0.1, 0.15) is 0 Å². The maximum absolute atomic E-state index is 11.9. The van der Waals surface area contributed by atoms with Gasteiger partial charge in [0.25, 0.3) is 0 Å². The van der Waals surface area contributed by atoms with Crippen LogP contribution in [0.15, 0.2) is 36.9 Å². The molecule has 1 fully saturated rings. The van der Waals surface area contributed by atoms with Crippen LogP contribution in [0.1, 0.15) is 23.2 Å². The molecule has 1 aromatic carbocycles. The molecule has 0 bridgehead atoms. The second-order valence-electron chi connectivity index (χ2n) is 4.86. The number of ether oxygens (including phenoxy) is 1. The molecule has 0 saturated carbocycles. The molecule has 1 saturated heterocycles. The molecule has 1 aliphatic heterocycles. The van der Waals surface area contributed by atoms with Gasteiger partial charge in [-0.3, -0.25) is 0 Å². The second-order valence-corrected chi connectivity index (χ2v) is 4.86. The van der Waals surface area contributed by atoms with Crippen LogP contribution >= 0.6 is 0 Å². The van der Waals surface area contributed by atoms with Crippen molar-refractivity contribution >= 4 is 11.7 Å².